The molecule has 1 N–H and O–H groups in total. The largest absolute Gasteiger partial charge is 0.573 e. The van der Waals surface area contributed by atoms with Gasteiger partial charge in [0.05, 0.1) is 5.69 Å². The standard InChI is InChI=1S/C25H21F5N2O3S/c26-20-7-3-17(4-8-20)24(18-5-9-21(27)10-6-18)19-2-1-15-32(16-19)36(33,34)31-22-11-13-23(14-12-22)35-25(28,29)30/h3-14,31H,1-2,15-16H2. The van der Waals surface area contributed by atoms with Crippen LogP contribution in [0.4, 0.5) is 27.6 Å². The molecular formula is C25H21F5N2O3S. The molecule has 0 aliphatic carbocycles. The summed E-state index contributed by atoms with van der Waals surface area (Å²) in [4.78, 5) is 0. The van der Waals surface area contributed by atoms with E-state index in [9.17, 15) is 30.4 Å². The van der Waals surface area contributed by atoms with Crippen molar-refractivity contribution in [2.75, 3.05) is 17.8 Å². The zero-order valence-corrected chi connectivity index (χ0v) is 19.5. The molecule has 4 rings (SSSR count). The van der Waals surface area contributed by atoms with E-state index in [0.717, 1.165) is 17.7 Å². The molecule has 0 amide bonds. The van der Waals surface area contributed by atoms with Crippen LogP contribution < -0.4 is 9.46 Å². The van der Waals surface area contributed by atoms with Crippen LogP contribution >= 0.6 is 0 Å². The number of alkyl halides is 3. The Bertz CT molecular complexity index is 1290. The zero-order chi connectivity index (χ0) is 25.9. The molecular weight excluding hydrogens is 503 g/mol. The molecule has 1 aliphatic rings. The molecule has 0 saturated carbocycles. The highest BCUT2D eigenvalue weighted by molar-refractivity contribution is 7.90. The molecule has 3 aromatic rings. The van der Waals surface area contributed by atoms with Gasteiger partial charge < -0.3 is 4.74 Å². The number of nitrogens with zero attached hydrogens (tertiary/aromatic N) is 1. The smallest absolute Gasteiger partial charge is 0.406 e. The third kappa shape index (κ3) is 6.41. The lowest BCUT2D eigenvalue weighted by molar-refractivity contribution is -0.274. The van der Waals surface area contributed by atoms with Crippen molar-refractivity contribution >= 4 is 21.5 Å². The third-order valence-electron chi connectivity index (χ3n) is 5.55. The summed E-state index contributed by atoms with van der Waals surface area (Å²) < 4.78 is 97.7. The normalized spacial score (nSPS) is 15.0. The minimum Gasteiger partial charge on any atom is -0.406 e. The molecule has 36 heavy (non-hydrogen) atoms. The van der Waals surface area contributed by atoms with Gasteiger partial charge in [0.1, 0.15) is 17.4 Å². The zero-order valence-electron chi connectivity index (χ0n) is 18.7. The first-order valence-electron chi connectivity index (χ1n) is 10.9. The number of piperidine rings is 1. The molecule has 11 heteroatoms. The first kappa shape index (κ1) is 25.6. The fraction of sp³-hybridized carbons (Fsp3) is 0.200. The summed E-state index contributed by atoms with van der Waals surface area (Å²) in [6, 6.07) is 15.9. The Kier molecular flexibility index (Phi) is 7.32. The lowest BCUT2D eigenvalue weighted by Gasteiger charge is -2.30. The van der Waals surface area contributed by atoms with E-state index in [0.29, 0.717) is 29.5 Å². The van der Waals surface area contributed by atoms with Gasteiger partial charge in [-0.15, -0.1) is 13.2 Å². The molecule has 1 fully saturated rings. The second-order valence-corrected chi connectivity index (χ2v) is 9.78. The number of ether oxygens (including phenoxy) is 1. The van der Waals surface area contributed by atoms with E-state index >= 15 is 0 Å². The summed E-state index contributed by atoms with van der Waals surface area (Å²) in [6.45, 7) is 0.239. The predicted molar refractivity (Wildman–Crippen MR) is 125 cm³/mol. The average molecular weight is 525 g/mol. The summed E-state index contributed by atoms with van der Waals surface area (Å²) in [5, 5.41) is 0. The first-order valence-corrected chi connectivity index (χ1v) is 12.3. The molecule has 0 aromatic heterocycles. The van der Waals surface area contributed by atoms with Crippen molar-refractivity contribution in [2.24, 2.45) is 0 Å². The van der Waals surface area contributed by atoms with Crippen molar-refractivity contribution in [3.8, 4) is 5.75 Å². The molecule has 0 radical (unpaired) electrons. The summed E-state index contributed by atoms with van der Waals surface area (Å²) in [7, 11) is -4.06. The Hall–Kier alpha value is -3.44. The average Bonchev–Trinajstić information content (AvgIpc) is 2.82. The van der Waals surface area contributed by atoms with Crippen LogP contribution in [-0.2, 0) is 10.2 Å². The van der Waals surface area contributed by atoms with E-state index in [-0.39, 0.29) is 18.8 Å². The van der Waals surface area contributed by atoms with Gasteiger partial charge in [0, 0.05) is 13.1 Å². The van der Waals surface area contributed by atoms with Crippen LogP contribution in [0.3, 0.4) is 0 Å². The second kappa shape index (κ2) is 10.3. The number of hydrogen-bond acceptors (Lipinski definition) is 3. The highest BCUT2D eigenvalue weighted by Gasteiger charge is 2.31. The van der Waals surface area contributed by atoms with Crippen molar-refractivity contribution in [1.29, 1.82) is 0 Å². The second-order valence-electron chi connectivity index (χ2n) is 8.11. The fourth-order valence-electron chi connectivity index (χ4n) is 4.00. The summed E-state index contributed by atoms with van der Waals surface area (Å²) >= 11 is 0. The van der Waals surface area contributed by atoms with Gasteiger partial charge in [-0.25, -0.2) is 8.78 Å². The first-order chi connectivity index (χ1) is 17.0. The number of halogens is 5. The molecule has 1 heterocycles. The van der Waals surface area contributed by atoms with Crippen LogP contribution in [0.15, 0.2) is 78.4 Å². The van der Waals surface area contributed by atoms with Gasteiger partial charge >= 0.3 is 16.6 Å². The molecule has 3 aromatic carbocycles. The number of benzene rings is 3. The molecule has 0 atom stereocenters. The van der Waals surface area contributed by atoms with Gasteiger partial charge in [0.15, 0.2) is 0 Å². The van der Waals surface area contributed by atoms with Crippen LogP contribution in [0, 0.1) is 11.6 Å². The maximum atomic E-state index is 13.6. The quantitative estimate of drug-likeness (QED) is 0.396. The number of hydrogen-bond donors (Lipinski definition) is 1. The van der Waals surface area contributed by atoms with E-state index in [4.69, 9.17) is 0 Å². The van der Waals surface area contributed by atoms with Crippen molar-refractivity contribution < 1.29 is 35.1 Å². The monoisotopic (exact) mass is 524 g/mol. The fourth-order valence-corrected chi connectivity index (χ4v) is 5.25. The lowest BCUT2D eigenvalue weighted by Crippen LogP contribution is -2.40. The molecule has 0 bridgehead atoms. The predicted octanol–water partition coefficient (Wildman–Crippen LogP) is 6.12. The Morgan fingerprint density at radius 3 is 1.86 bits per heavy atom. The minimum atomic E-state index is -4.86. The minimum absolute atomic E-state index is 0.0225. The molecule has 0 spiro atoms. The van der Waals surface area contributed by atoms with Crippen LogP contribution in [-0.4, -0.2) is 32.2 Å². The van der Waals surface area contributed by atoms with Gasteiger partial charge in [-0.2, -0.15) is 12.7 Å². The van der Waals surface area contributed by atoms with Crippen molar-refractivity contribution in [2.45, 2.75) is 19.2 Å². The van der Waals surface area contributed by atoms with Crippen LogP contribution in [0.1, 0.15) is 24.0 Å². The molecule has 190 valence electrons. The van der Waals surface area contributed by atoms with E-state index in [1.807, 2.05) is 0 Å². The summed E-state index contributed by atoms with van der Waals surface area (Å²) in [5.41, 5.74) is 2.83. The van der Waals surface area contributed by atoms with Crippen LogP contribution in [0.25, 0.3) is 5.57 Å². The number of nitrogens with one attached hydrogen (secondary N) is 1. The maximum Gasteiger partial charge on any atom is 0.573 e. The Balaban J connectivity index is 1.61. The third-order valence-corrected chi connectivity index (χ3v) is 7.03. The van der Waals surface area contributed by atoms with Crippen LogP contribution in [0.2, 0.25) is 0 Å². The van der Waals surface area contributed by atoms with Gasteiger partial charge in [-0.05, 0) is 83.6 Å². The number of rotatable bonds is 6. The van der Waals surface area contributed by atoms with Crippen molar-refractivity contribution in [3.05, 3.63) is 101 Å². The summed E-state index contributed by atoms with van der Waals surface area (Å²) in [6.07, 6.45) is -3.79. The topological polar surface area (TPSA) is 58.6 Å². The van der Waals surface area contributed by atoms with E-state index < -0.39 is 34.0 Å². The molecule has 0 unspecified atom stereocenters. The Labute approximate surface area is 205 Å². The van der Waals surface area contributed by atoms with Gasteiger partial charge in [0.25, 0.3) is 0 Å². The molecule has 1 aliphatic heterocycles. The molecule has 1 saturated heterocycles. The lowest BCUT2D eigenvalue weighted by atomic mass is 9.89. The van der Waals surface area contributed by atoms with E-state index in [1.165, 1.54) is 40.7 Å². The summed E-state index contributed by atoms with van der Waals surface area (Å²) in [5.74, 6) is -1.33. The highest BCUT2D eigenvalue weighted by Crippen LogP contribution is 2.33. The van der Waals surface area contributed by atoms with Gasteiger partial charge in [-0.1, -0.05) is 24.3 Å². The SMILES string of the molecule is O=S(=O)(Nc1ccc(OC(F)(F)F)cc1)N1CCCC(=C(c2ccc(F)cc2)c2ccc(F)cc2)C1. The highest BCUT2D eigenvalue weighted by atomic mass is 32.2. The molecule has 5 nitrogen and oxygen atoms in total. The van der Waals surface area contributed by atoms with Gasteiger partial charge in [-0.3, -0.25) is 4.72 Å². The van der Waals surface area contributed by atoms with Crippen molar-refractivity contribution in [3.63, 3.8) is 0 Å². The van der Waals surface area contributed by atoms with Crippen LogP contribution in [0.5, 0.6) is 5.75 Å². The Morgan fingerprint density at radius 2 is 1.36 bits per heavy atom. The maximum absolute atomic E-state index is 13.6. The van der Waals surface area contributed by atoms with Gasteiger partial charge in [0.2, 0.25) is 0 Å². The number of anilines is 1. The van der Waals surface area contributed by atoms with Crippen molar-refractivity contribution in [1.82, 2.24) is 4.31 Å². The Morgan fingerprint density at radius 1 is 0.833 bits per heavy atom. The van der Waals surface area contributed by atoms with E-state index in [1.54, 1.807) is 24.3 Å². The van der Waals surface area contributed by atoms with E-state index in [2.05, 4.69) is 9.46 Å².